The van der Waals surface area contributed by atoms with Crippen molar-refractivity contribution < 1.29 is 0 Å². The maximum Gasteiger partial charge on any atom is 0.224 e. The number of benzene rings is 2. The highest BCUT2D eigenvalue weighted by Gasteiger charge is 2.05. The van der Waals surface area contributed by atoms with Crippen LogP contribution in [0.3, 0.4) is 0 Å². The van der Waals surface area contributed by atoms with Crippen molar-refractivity contribution >= 4 is 57.7 Å². The average molecular weight is 352 g/mol. The van der Waals surface area contributed by atoms with Crippen molar-refractivity contribution in [2.75, 3.05) is 5.43 Å². The van der Waals surface area contributed by atoms with Crippen LogP contribution in [0.4, 0.5) is 5.82 Å². The Kier molecular flexibility index (Phi) is 4.43. The zero-order chi connectivity index (χ0) is 15.5. The Morgan fingerprint density at radius 3 is 2.59 bits per heavy atom. The number of halogens is 3. The molecule has 0 aliphatic rings. The predicted octanol–water partition coefficient (Wildman–Crippen LogP) is 5.04. The molecule has 0 saturated carbocycles. The summed E-state index contributed by atoms with van der Waals surface area (Å²) in [7, 11) is 0. The van der Waals surface area contributed by atoms with Crippen LogP contribution in [0.2, 0.25) is 15.3 Å². The quantitative estimate of drug-likeness (QED) is 0.409. The van der Waals surface area contributed by atoms with E-state index in [1.165, 1.54) is 0 Å². The Balaban J connectivity index is 1.87. The van der Waals surface area contributed by atoms with Crippen molar-refractivity contribution in [3.63, 3.8) is 0 Å². The lowest BCUT2D eigenvalue weighted by Gasteiger charge is -2.04. The third kappa shape index (κ3) is 3.30. The molecule has 0 fully saturated rings. The third-order valence-corrected chi connectivity index (χ3v) is 3.81. The lowest BCUT2D eigenvalue weighted by molar-refractivity contribution is 1.18. The molecule has 4 nitrogen and oxygen atoms in total. The van der Waals surface area contributed by atoms with Gasteiger partial charge in [0.15, 0.2) is 5.82 Å². The van der Waals surface area contributed by atoms with Gasteiger partial charge in [-0.1, -0.05) is 41.4 Å². The maximum absolute atomic E-state index is 5.96. The normalized spacial score (nSPS) is 11.2. The summed E-state index contributed by atoms with van der Waals surface area (Å²) in [6.07, 6.45) is 1.62. The summed E-state index contributed by atoms with van der Waals surface area (Å²) in [5.41, 5.74) is 4.43. The molecular formula is C15H9Cl3N4. The van der Waals surface area contributed by atoms with Gasteiger partial charge in [-0.3, -0.25) is 5.43 Å². The fraction of sp³-hybridized carbons (Fsp3) is 0. The van der Waals surface area contributed by atoms with Crippen molar-refractivity contribution in [1.29, 1.82) is 0 Å². The number of nitrogens with zero attached hydrogens (tertiary/aromatic N) is 3. The molecule has 1 N–H and O–H groups in total. The molecule has 110 valence electrons. The Morgan fingerprint density at radius 1 is 0.955 bits per heavy atom. The number of nitrogens with one attached hydrogen (secondary N) is 1. The molecule has 2 aromatic carbocycles. The van der Waals surface area contributed by atoms with E-state index in [0.29, 0.717) is 15.9 Å². The monoisotopic (exact) mass is 350 g/mol. The minimum absolute atomic E-state index is 0.158. The van der Waals surface area contributed by atoms with Crippen molar-refractivity contribution in [1.82, 2.24) is 9.97 Å². The Labute approximate surface area is 141 Å². The second-order valence-corrected chi connectivity index (χ2v) is 5.55. The molecule has 3 rings (SSSR count). The van der Waals surface area contributed by atoms with Gasteiger partial charge in [0.2, 0.25) is 5.28 Å². The first-order valence-corrected chi connectivity index (χ1v) is 7.43. The number of hydrazone groups is 1. The predicted molar refractivity (Wildman–Crippen MR) is 92.2 cm³/mol. The summed E-state index contributed by atoms with van der Waals surface area (Å²) in [5.74, 6) is 0.534. The van der Waals surface area contributed by atoms with Gasteiger partial charge in [-0.2, -0.15) is 10.1 Å². The van der Waals surface area contributed by atoms with Crippen LogP contribution in [-0.4, -0.2) is 16.2 Å². The van der Waals surface area contributed by atoms with Gasteiger partial charge in [0.05, 0.1) is 21.8 Å². The summed E-state index contributed by atoms with van der Waals surface area (Å²) >= 11 is 17.7. The average Bonchev–Trinajstić information content (AvgIpc) is 2.50. The van der Waals surface area contributed by atoms with Crippen LogP contribution in [0.25, 0.3) is 10.9 Å². The molecule has 3 aromatic rings. The smallest absolute Gasteiger partial charge is 0.224 e. The maximum atomic E-state index is 5.96. The molecule has 0 radical (unpaired) electrons. The Bertz CT molecular complexity index is 865. The van der Waals surface area contributed by atoms with Gasteiger partial charge in [0, 0.05) is 5.39 Å². The molecule has 0 spiro atoms. The van der Waals surface area contributed by atoms with Crippen LogP contribution in [0.1, 0.15) is 5.56 Å². The molecule has 0 aliphatic heterocycles. The van der Waals surface area contributed by atoms with Gasteiger partial charge in [0.1, 0.15) is 0 Å². The van der Waals surface area contributed by atoms with Gasteiger partial charge >= 0.3 is 0 Å². The highest BCUT2D eigenvalue weighted by molar-refractivity contribution is 6.42. The van der Waals surface area contributed by atoms with Crippen LogP contribution in [-0.2, 0) is 0 Å². The number of hydrogen-bond donors (Lipinski definition) is 1. The van der Waals surface area contributed by atoms with E-state index in [0.717, 1.165) is 16.5 Å². The van der Waals surface area contributed by atoms with E-state index in [4.69, 9.17) is 34.8 Å². The lowest BCUT2D eigenvalue weighted by Crippen LogP contribution is -1.97. The molecular weight excluding hydrogens is 343 g/mol. The second-order valence-electron chi connectivity index (χ2n) is 4.40. The van der Waals surface area contributed by atoms with Crippen molar-refractivity contribution in [3.8, 4) is 0 Å². The first-order chi connectivity index (χ1) is 10.6. The van der Waals surface area contributed by atoms with Gasteiger partial charge in [-0.25, -0.2) is 4.98 Å². The van der Waals surface area contributed by atoms with Crippen molar-refractivity contribution in [2.24, 2.45) is 5.10 Å². The molecule has 22 heavy (non-hydrogen) atoms. The van der Waals surface area contributed by atoms with Crippen LogP contribution in [0.5, 0.6) is 0 Å². The molecule has 0 aliphatic carbocycles. The van der Waals surface area contributed by atoms with E-state index in [-0.39, 0.29) is 5.28 Å². The van der Waals surface area contributed by atoms with E-state index >= 15 is 0 Å². The number of rotatable bonds is 3. The highest BCUT2D eigenvalue weighted by Crippen LogP contribution is 2.23. The SMILES string of the molecule is Clc1nc(N/N=C/c2ccc(Cl)c(Cl)c2)c2ccccc2n1. The van der Waals surface area contributed by atoms with Gasteiger partial charge in [-0.15, -0.1) is 0 Å². The largest absolute Gasteiger partial charge is 0.261 e. The number of fused-ring (bicyclic) bond motifs is 1. The number of aromatic nitrogens is 2. The van der Waals surface area contributed by atoms with Crippen LogP contribution >= 0.6 is 34.8 Å². The minimum atomic E-state index is 0.158. The molecule has 0 unspecified atom stereocenters. The fourth-order valence-corrected chi connectivity index (χ4v) is 2.38. The summed E-state index contributed by atoms with van der Waals surface area (Å²) in [6.45, 7) is 0. The molecule has 0 amide bonds. The topological polar surface area (TPSA) is 50.2 Å². The highest BCUT2D eigenvalue weighted by atomic mass is 35.5. The first-order valence-electron chi connectivity index (χ1n) is 6.30. The van der Waals surface area contributed by atoms with Gasteiger partial charge in [0.25, 0.3) is 0 Å². The van der Waals surface area contributed by atoms with Crippen molar-refractivity contribution in [3.05, 3.63) is 63.4 Å². The number of para-hydroxylation sites is 1. The van der Waals surface area contributed by atoms with Gasteiger partial charge in [-0.05, 0) is 41.4 Å². The summed E-state index contributed by atoms with van der Waals surface area (Å²) in [4.78, 5) is 8.30. The summed E-state index contributed by atoms with van der Waals surface area (Å²) in [5, 5.41) is 6.11. The van der Waals surface area contributed by atoms with E-state index in [9.17, 15) is 0 Å². The van der Waals surface area contributed by atoms with E-state index < -0.39 is 0 Å². The zero-order valence-corrected chi connectivity index (χ0v) is 13.4. The molecule has 1 aromatic heterocycles. The molecule has 0 atom stereocenters. The second kappa shape index (κ2) is 6.48. The molecule has 1 heterocycles. The summed E-state index contributed by atoms with van der Waals surface area (Å²) < 4.78 is 0. The minimum Gasteiger partial charge on any atom is -0.261 e. The van der Waals surface area contributed by atoms with E-state index in [1.54, 1.807) is 18.3 Å². The van der Waals surface area contributed by atoms with Crippen LogP contribution < -0.4 is 5.43 Å². The standard InChI is InChI=1S/C15H9Cl3N4/c16-11-6-5-9(7-12(11)17)8-19-22-14-10-3-1-2-4-13(10)20-15(18)21-14/h1-8H,(H,20,21,22)/b19-8+. The fourth-order valence-electron chi connectivity index (χ4n) is 1.89. The first kappa shape index (κ1) is 15.0. The zero-order valence-electron chi connectivity index (χ0n) is 11.1. The summed E-state index contributed by atoms with van der Waals surface area (Å²) in [6, 6.07) is 12.8. The van der Waals surface area contributed by atoms with Crippen LogP contribution in [0, 0.1) is 0 Å². The molecule has 0 bridgehead atoms. The number of hydrogen-bond acceptors (Lipinski definition) is 4. The van der Waals surface area contributed by atoms with Crippen molar-refractivity contribution in [2.45, 2.75) is 0 Å². The van der Waals surface area contributed by atoms with E-state index in [1.807, 2.05) is 30.3 Å². The number of anilines is 1. The molecule has 7 heteroatoms. The lowest BCUT2D eigenvalue weighted by atomic mass is 10.2. The molecule has 0 saturated heterocycles. The van der Waals surface area contributed by atoms with Crippen LogP contribution in [0.15, 0.2) is 47.6 Å². The van der Waals surface area contributed by atoms with Gasteiger partial charge < -0.3 is 0 Å². The van der Waals surface area contributed by atoms with E-state index in [2.05, 4.69) is 20.5 Å². The third-order valence-electron chi connectivity index (χ3n) is 2.90. The Morgan fingerprint density at radius 2 is 1.77 bits per heavy atom. The Hall–Kier alpha value is -1.88.